The second kappa shape index (κ2) is 6.80. The Kier molecular flexibility index (Phi) is 4.95. The number of piperidine rings is 1. The van der Waals surface area contributed by atoms with Gasteiger partial charge in [-0.2, -0.15) is 0 Å². The highest BCUT2D eigenvalue weighted by molar-refractivity contribution is 5.81. The number of carboxylic acid groups (broad SMARTS) is 1. The van der Waals surface area contributed by atoms with Gasteiger partial charge < -0.3 is 10.0 Å². The number of hydrogen-bond donors (Lipinski definition) is 1. The number of carboxylic acids is 1. The summed E-state index contributed by atoms with van der Waals surface area (Å²) >= 11 is 0. The van der Waals surface area contributed by atoms with Crippen LogP contribution in [-0.2, 0) is 9.59 Å². The van der Waals surface area contributed by atoms with E-state index in [1.165, 1.54) is 12.8 Å². The van der Waals surface area contributed by atoms with Crippen LogP contribution in [0.4, 0.5) is 0 Å². The standard InChI is InChI=1S/C18H30N2O3/c1-12-6-5-7-13(2)20(12)17(21)11-19-15-9-4-3-8-14(15)10-16(19)18(22)23/h12-16H,3-11H2,1-2H3,(H,22,23). The third-order valence-electron chi connectivity index (χ3n) is 6.31. The lowest BCUT2D eigenvalue weighted by atomic mass is 9.85. The van der Waals surface area contributed by atoms with Crippen molar-refractivity contribution >= 4 is 11.9 Å². The predicted octanol–water partition coefficient (Wildman–Crippen LogP) is 2.49. The minimum atomic E-state index is -0.757. The zero-order valence-electron chi connectivity index (χ0n) is 14.4. The zero-order chi connectivity index (χ0) is 16.6. The molecular weight excluding hydrogens is 292 g/mol. The highest BCUT2D eigenvalue weighted by atomic mass is 16.4. The summed E-state index contributed by atoms with van der Waals surface area (Å²) in [5.41, 5.74) is 0. The molecule has 5 atom stereocenters. The van der Waals surface area contributed by atoms with Gasteiger partial charge in [-0.15, -0.1) is 0 Å². The van der Waals surface area contributed by atoms with Gasteiger partial charge in [-0.05, 0) is 58.3 Å². The Balaban J connectivity index is 1.73. The molecule has 0 radical (unpaired) electrons. The van der Waals surface area contributed by atoms with Crippen LogP contribution >= 0.6 is 0 Å². The normalized spacial score (nSPS) is 38.3. The topological polar surface area (TPSA) is 60.9 Å². The molecule has 2 heterocycles. The van der Waals surface area contributed by atoms with E-state index in [2.05, 4.69) is 13.8 Å². The molecule has 1 saturated carbocycles. The fourth-order valence-electron chi connectivity index (χ4n) is 5.17. The summed E-state index contributed by atoms with van der Waals surface area (Å²) in [7, 11) is 0. The number of fused-ring (bicyclic) bond motifs is 1. The Hall–Kier alpha value is -1.10. The molecule has 5 heteroatoms. The smallest absolute Gasteiger partial charge is 0.320 e. The second-order valence-corrected chi connectivity index (χ2v) is 7.80. The van der Waals surface area contributed by atoms with Gasteiger partial charge >= 0.3 is 5.97 Å². The highest BCUT2D eigenvalue weighted by Gasteiger charge is 2.46. The Bertz CT molecular complexity index is 457. The van der Waals surface area contributed by atoms with Gasteiger partial charge in [0.2, 0.25) is 5.91 Å². The van der Waals surface area contributed by atoms with Gasteiger partial charge in [0.15, 0.2) is 0 Å². The van der Waals surface area contributed by atoms with Crippen LogP contribution in [0.25, 0.3) is 0 Å². The molecule has 3 rings (SSSR count). The third-order valence-corrected chi connectivity index (χ3v) is 6.31. The maximum absolute atomic E-state index is 12.9. The molecule has 130 valence electrons. The molecule has 1 N–H and O–H groups in total. The van der Waals surface area contributed by atoms with E-state index >= 15 is 0 Å². The molecule has 3 aliphatic rings. The van der Waals surface area contributed by atoms with E-state index < -0.39 is 12.0 Å². The quantitative estimate of drug-likeness (QED) is 0.867. The summed E-state index contributed by atoms with van der Waals surface area (Å²) in [6, 6.07) is 0.380. The molecule has 23 heavy (non-hydrogen) atoms. The summed E-state index contributed by atoms with van der Waals surface area (Å²) < 4.78 is 0. The molecule has 2 aliphatic heterocycles. The summed E-state index contributed by atoms with van der Waals surface area (Å²) in [6.45, 7) is 4.53. The minimum absolute atomic E-state index is 0.127. The average molecular weight is 322 g/mol. The Labute approximate surface area is 139 Å². The van der Waals surface area contributed by atoms with E-state index in [1.807, 2.05) is 9.80 Å². The van der Waals surface area contributed by atoms with Crippen LogP contribution in [0.15, 0.2) is 0 Å². The van der Waals surface area contributed by atoms with Crippen molar-refractivity contribution in [3.05, 3.63) is 0 Å². The van der Waals surface area contributed by atoms with Crippen LogP contribution in [-0.4, -0.2) is 57.5 Å². The van der Waals surface area contributed by atoms with Crippen molar-refractivity contribution in [1.82, 2.24) is 9.80 Å². The predicted molar refractivity (Wildman–Crippen MR) is 88.1 cm³/mol. The van der Waals surface area contributed by atoms with Gasteiger partial charge in [0, 0.05) is 18.1 Å². The number of nitrogens with zero attached hydrogens (tertiary/aromatic N) is 2. The highest BCUT2D eigenvalue weighted by Crippen LogP contribution is 2.39. The van der Waals surface area contributed by atoms with Crippen molar-refractivity contribution in [2.75, 3.05) is 6.54 Å². The molecule has 2 saturated heterocycles. The van der Waals surface area contributed by atoms with Gasteiger partial charge in [0.1, 0.15) is 6.04 Å². The second-order valence-electron chi connectivity index (χ2n) is 7.80. The molecule has 0 aromatic rings. The molecule has 0 spiro atoms. The van der Waals surface area contributed by atoms with E-state index in [0.29, 0.717) is 12.0 Å². The fourth-order valence-corrected chi connectivity index (χ4v) is 5.17. The molecule has 5 unspecified atom stereocenters. The van der Waals surface area contributed by atoms with E-state index in [9.17, 15) is 14.7 Å². The summed E-state index contributed by atoms with van der Waals surface area (Å²) in [4.78, 5) is 28.6. The van der Waals surface area contributed by atoms with Gasteiger partial charge in [-0.1, -0.05) is 12.8 Å². The summed E-state index contributed by atoms with van der Waals surface area (Å²) in [6.07, 6.45) is 8.55. The molecular formula is C18H30N2O3. The van der Waals surface area contributed by atoms with Crippen molar-refractivity contribution in [2.45, 2.75) is 89.4 Å². The molecule has 0 aromatic carbocycles. The lowest BCUT2D eigenvalue weighted by Crippen LogP contribution is -2.54. The first kappa shape index (κ1) is 16.7. The van der Waals surface area contributed by atoms with Gasteiger partial charge in [-0.3, -0.25) is 14.5 Å². The van der Waals surface area contributed by atoms with Crippen LogP contribution in [0.3, 0.4) is 0 Å². The minimum Gasteiger partial charge on any atom is -0.480 e. The van der Waals surface area contributed by atoms with Crippen LogP contribution in [0, 0.1) is 5.92 Å². The van der Waals surface area contributed by atoms with Crippen molar-refractivity contribution in [3.8, 4) is 0 Å². The van der Waals surface area contributed by atoms with E-state index in [4.69, 9.17) is 0 Å². The zero-order valence-corrected chi connectivity index (χ0v) is 14.4. The average Bonchev–Trinajstić information content (AvgIpc) is 2.86. The number of aliphatic carboxylic acids is 1. The Morgan fingerprint density at radius 3 is 2.30 bits per heavy atom. The molecule has 1 amide bonds. The molecule has 0 aromatic heterocycles. The molecule has 1 aliphatic carbocycles. The van der Waals surface area contributed by atoms with E-state index in [1.54, 1.807) is 0 Å². The Morgan fingerprint density at radius 1 is 1.00 bits per heavy atom. The van der Waals surface area contributed by atoms with Crippen molar-refractivity contribution in [1.29, 1.82) is 0 Å². The molecule has 5 nitrogen and oxygen atoms in total. The maximum Gasteiger partial charge on any atom is 0.320 e. The van der Waals surface area contributed by atoms with Crippen LogP contribution in [0.2, 0.25) is 0 Å². The van der Waals surface area contributed by atoms with Crippen LogP contribution in [0.1, 0.15) is 65.2 Å². The first-order chi connectivity index (χ1) is 11.0. The number of carbonyl (C=O) groups is 2. The maximum atomic E-state index is 12.9. The summed E-state index contributed by atoms with van der Waals surface area (Å²) in [5, 5.41) is 9.59. The third kappa shape index (κ3) is 3.25. The Morgan fingerprint density at radius 2 is 1.65 bits per heavy atom. The number of likely N-dealkylation sites (tertiary alicyclic amines) is 2. The number of carbonyl (C=O) groups excluding carboxylic acids is 1. The number of hydrogen-bond acceptors (Lipinski definition) is 3. The number of amides is 1. The fraction of sp³-hybridized carbons (Fsp3) is 0.889. The summed E-state index contributed by atoms with van der Waals surface area (Å²) in [5.74, 6) is -0.164. The van der Waals surface area contributed by atoms with Crippen molar-refractivity contribution in [3.63, 3.8) is 0 Å². The SMILES string of the molecule is CC1CCCC(C)N1C(=O)CN1C(C(=O)O)CC2CCCCC21. The van der Waals surface area contributed by atoms with Crippen LogP contribution in [0.5, 0.6) is 0 Å². The van der Waals surface area contributed by atoms with Crippen LogP contribution < -0.4 is 0 Å². The first-order valence-electron chi connectivity index (χ1n) is 9.28. The van der Waals surface area contributed by atoms with Crippen molar-refractivity contribution < 1.29 is 14.7 Å². The van der Waals surface area contributed by atoms with E-state index in [-0.39, 0.29) is 24.5 Å². The van der Waals surface area contributed by atoms with E-state index in [0.717, 1.165) is 38.5 Å². The molecule has 0 bridgehead atoms. The monoisotopic (exact) mass is 322 g/mol. The van der Waals surface area contributed by atoms with Gasteiger partial charge in [0.25, 0.3) is 0 Å². The lowest BCUT2D eigenvalue weighted by molar-refractivity contribution is -0.145. The largest absolute Gasteiger partial charge is 0.480 e. The first-order valence-corrected chi connectivity index (χ1v) is 9.28. The molecule has 3 fully saturated rings. The van der Waals surface area contributed by atoms with Gasteiger partial charge in [-0.25, -0.2) is 0 Å². The lowest BCUT2D eigenvalue weighted by Gasteiger charge is -2.41. The van der Waals surface area contributed by atoms with Crippen molar-refractivity contribution in [2.24, 2.45) is 5.92 Å². The van der Waals surface area contributed by atoms with Gasteiger partial charge in [0.05, 0.1) is 6.54 Å². The number of rotatable bonds is 3.